The molecule has 109 valence electrons. The van der Waals surface area contributed by atoms with E-state index in [1.807, 2.05) is 20.8 Å². The van der Waals surface area contributed by atoms with Gasteiger partial charge in [0.2, 0.25) is 0 Å². The SMILES string of the molecule is CC(C)(C)[CH]CCNc1c([N+](=O)[O-])cccc1[N+](=O)[O-]. The molecule has 0 saturated heterocycles. The van der Waals surface area contributed by atoms with Crippen molar-refractivity contribution < 1.29 is 9.85 Å². The predicted molar refractivity (Wildman–Crippen MR) is 76.6 cm³/mol. The Morgan fingerprint density at radius 1 is 1.15 bits per heavy atom. The zero-order chi connectivity index (χ0) is 15.3. The third-order valence-corrected chi connectivity index (χ3v) is 2.62. The monoisotopic (exact) mass is 280 g/mol. The number of anilines is 1. The minimum absolute atomic E-state index is 0.0372. The molecule has 20 heavy (non-hydrogen) atoms. The van der Waals surface area contributed by atoms with Gasteiger partial charge in [-0.3, -0.25) is 20.2 Å². The molecular weight excluding hydrogens is 262 g/mol. The molecule has 0 unspecified atom stereocenters. The van der Waals surface area contributed by atoms with Gasteiger partial charge in [0.25, 0.3) is 11.4 Å². The van der Waals surface area contributed by atoms with Crippen LogP contribution in [0.2, 0.25) is 0 Å². The van der Waals surface area contributed by atoms with Gasteiger partial charge in [0.1, 0.15) is 0 Å². The zero-order valence-corrected chi connectivity index (χ0v) is 11.8. The zero-order valence-electron chi connectivity index (χ0n) is 11.8. The fourth-order valence-electron chi connectivity index (χ4n) is 1.72. The first-order valence-corrected chi connectivity index (χ1v) is 6.22. The van der Waals surface area contributed by atoms with E-state index < -0.39 is 9.85 Å². The topological polar surface area (TPSA) is 98.3 Å². The molecule has 1 aromatic carbocycles. The first kappa shape index (κ1) is 15.9. The van der Waals surface area contributed by atoms with E-state index >= 15 is 0 Å². The van der Waals surface area contributed by atoms with Crippen molar-refractivity contribution in [3.8, 4) is 0 Å². The normalized spacial score (nSPS) is 11.2. The lowest BCUT2D eigenvalue weighted by molar-refractivity contribution is -0.392. The Bertz CT molecular complexity index is 477. The van der Waals surface area contributed by atoms with E-state index in [0.29, 0.717) is 13.0 Å². The molecule has 7 nitrogen and oxygen atoms in total. The van der Waals surface area contributed by atoms with Crippen LogP contribution in [0.5, 0.6) is 0 Å². The standard InChI is InChI=1S/C13H18N3O4/c1-13(2,3)8-5-9-14-12-10(15(17)18)6-4-7-11(12)16(19)20/h4,6-8,14H,5,9H2,1-3H3. The van der Waals surface area contributed by atoms with E-state index in [9.17, 15) is 20.2 Å². The maximum atomic E-state index is 10.9. The molecule has 0 aromatic heterocycles. The van der Waals surface area contributed by atoms with Crippen molar-refractivity contribution in [1.29, 1.82) is 0 Å². The third-order valence-electron chi connectivity index (χ3n) is 2.62. The van der Waals surface area contributed by atoms with Gasteiger partial charge in [-0.25, -0.2) is 0 Å². The van der Waals surface area contributed by atoms with Gasteiger partial charge in [-0.05, 0) is 24.3 Å². The van der Waals surface area contributed by atoms with Crippen LogP contribution in [0.3, 0.4) is 0 Å². The first-order valence-electron chi connectivity index (χ1n) is 6.22. The quantitative estimate of drug-likeness (QED) is 0.488. The van der Waals surface area contributed by atoms with Crippen LogP contribution in [0.25, 0.3) is 0 Å². The Morgan fingerprint density at radius 2 is 1.65 bits per heavy atom. The van der Waals surface area contributed by atoms with E-state index in [1.165, 1.54) is 18.2 Å². The molecule has 0 amide bonds. The molecule has 0 bridgehead atoms. The maximum Gasteiger partial charge on any atom is 0.299 e. The molecule has 1 rings (SSSR count). The molecule has 0 saturated carbocycles. The highest BCUT2D eigenvalue weighted by molar-refractivity contribution is 5.73. The number of nitro groups is 2. The van der Waals surface area contributed by atoms with Crippen LogP contribution in [-0.2, 0) is 0 Å². The summed E-state index contributed by atoms with van der Waals surface area (Å²) in [5.41, 5.74) is -0.564. The first-order chi connectivity index (χ1) is 9.22. The molecule has 1 radical (unpaired) electrons. The van der Waals surface area contributed by atoms with Gasteiger partial charge in [0.15, 0.2) is 5.69 Å². The number of hydrogen-bond donors (Lipinski definition) is 1. The van der Waals surface area contributed by atoms with Gasteiger partial charge >= 0.3 is 0 Å². The molecule has 0 spiro atoms. The number of para-hydroxylation sites is 1. The van der Waals surface area contributed by atoms with Gasteiger partial charge in [-0.15, -0.1) is 0 Å². The summed E-state index contributed by atoms with van der Waals surface area (Å²) in [6.45, 7) is 6.53. The lowest BCUT2D eigenvalue weighted by atomic mass is 9.91. The number of nitrogens with one attached hydrogen (secondary N) is 1. The number of nitrogens with zero attached hydrogens (tertiary/aromatic N) is 2. The fourth-order valence-corrected chi connectivity index (χ4v) is 1.72. The Balaban J connectivity index is 2.86. The molecular formula is C13H18N3O4. The summed E-state index contributed by atoms with van der Waals surface area (Å²) in [5.74, 6) is 0. The van der Waals surface area contributed by atoms with Gasteiger partial charge in [0, 0.05) is 18.7 Å². The summed E-state index contributed by atoms with van der Waals surface area (Å²) in [4.78, 5) is 20.6. The maximum absolute atomic E-state index is 10.9. The van der Waals surface area contributed by atoms with Crippen molar-refractivity contribution >= 4 is 17.1 Å². The summed E-state index contributed by atoms with van der Waals surface area (Å²) >= 11 is 0. The van der Waals surface area contributed by atoms with Crippen molar-refractivity contribution in [2.24, 2.45) is 5.41 Å². The fraction of sp³-hybridized carbons (Fsp3) is 0.462. The molecule has 0 aliphatic heterocycles. The average molecular weight is 280 g/mol. The largest absolute Gasteiger partial charge is 0.374 e. The highest BCUT2D eigenvalue weighted by Crippen LogP contribution is 2.33. The molecule has 0 heterocycles. The lowest BCUT2D eigenvalue weighted by Crippen LogP contribution is -2.11. The number of benzene rings is 1. The van der Waals surface area contributed by atoms with E-state index in [2.05, 4.69) is 11.7 Å². The summed E-state index contributed by atoms with van der Waals surface area (Å²) in [7, 11) is 0. The predicted octanol–water partition coefficient (Wildman–Crippen LogP) is 3.56. The Labute approximate surface area is 117 Å². The van der Waals surface area contributed by atoms with Crippen LogP contribution in [0.1, 0.15) is 27.2 Å². The molecule has 0 aliphatic carbocycles. The minimum atomic E-state index is -0.622. The van der Waals surface area contributed by atoms with Crippen molar-refractivity contribution in [2.45, 2.75) is 27.2 Å². The second kappa shape index (κ2) is 6.31. The van der Waals surface area contributed by atoms with Crippen molar-refractivity contribution in [1.82, 2.24) is 0 Å². The number of rotatable bonds is 6. The highest BCUT2D eigenvalue weighted by Gasteiger charge is 2.24. The van der Waals surface area contributed by atoms with Crippen molar-refractivity contribution in [2.75, 3.05) is 11.9 Å². The average Bonchev–Trinajstić information content (AvgIpc) is 2.32. The molecule has 7 heteroatoms. The van der Waals surface area contributed by atoms with Crippen LogP contribution >= 0.6 is 0 Å². The van der Waals surface area contributed by atoms with Crippen molar-refractivity contribution in [3.63, 3.8) is 0 Å². The van der Waals surface area contributed by atoms with E-state index in [0.717, 1.165) is 0 Å². The summed E-state index contributed by atoms with van der Waals surface area (Å²) in [6.07, 6.45) is 2.72. The number of hydrogen-bond acceptors (Lipinski definition) is 5. The molecule has 1 N–H and O–H groups in total. The Morgan fingerprint density at radius 3 is 2.05 bits per heavy atom. The van der Waals surface area contributed by atoms with Crippen LogP contribution in [0, 0.1) is 32.1 Å². The highest BCUT2D eigenvalue weighted by atomic mass is 16.6. The Hall–Kier alpha value is -2.18. The van der Waals surface area contributed by atoms with E-state index in [4.69, 9.17) is 0 Å². The van der Waals surface area contributed by atoms with Crippen LogP contribution in [0.15, 0.2) is 18.2 Å². The van der Waals surface area contributed by atoms with Gasteiger partial charge in [-0.1, -0.05) is 20.8 Å². The van der Waals surface area contributed by atoms with E-state index in [1.54, 1.807) is 0 Å². The van der Waals surface area contributed by atoms with Gasteiger partial charge in [-0.2, -0.15) is 0 Å². The van der Waals surface area contributed by atoms with Crippen LogP contribution in [0.4, 0.5) is 17.1 Å². The van der Waals surface area contributed by atoms with Crippen LogP contribution in [-0.4, -0.2) is 16.4 Å². The second-order valence-electron chi connectivity index (χ2n) is 5.47. The Kier molecular flexibility index (Phi) is 5.01. The molecule has 0 atom stereocenters. The smallest absolute Gasteiger partial charge is 0.299 e. The van der Waals surface area contributed by atoms with Gasteiger partial charge in [0.05, 0.1) is 9.85 Å². The second-order valence-corrected chi connectivity index (χ2v) is 5.47. The third kappa shape index (κ3) is 4.49. The summed E-state index contributed by atoms with van der Waals surface area (Å²) in [5, 5.41) is 24.6. The molecule has 1 aromatic rings. The lowest BCUT2D eigenvalue weighted by Gasteiger charge is -2.17. The summed E-state index contributed by atoms with van der Waals surface area (Å²) in [6, 6.07) is 3.81. The van der Waals surface area contributed by atoms with Crippen LogP contribution < -0.4 is 5.32 Å². The minimum Gasteiger partial charge on any atom is -0.374 e. The molecule has 0 aliphatic rings. The van der Waals surface area contributed by atoms with Gasteiger partial charge < -0.3 is 5.32 Å². The van der Waals surface area contributed by atoms with Crippen molar-refractivity contribution in [3.05, 3.63) is 44.8 Å². The molecule has 0 fully saturated rings. The summed E-state index contributed by atoms with van der Waals surface area (Å²) < 4.78 is 0. The number of nitro benzene ring substituents is 2. The van der Waals surface area contributed by atoms with E-state index in [-0.39, 0.29) is 22.5 Å².